The monoisotopic (exact) mass is 266 g/mol. The van der Waals surface area contributed by atoms with Gasteiger partial charge in [-0.3, -0.25) is 4.79 Å². The molecule has 1 unspecified atom stereocenters. The predicted octanol–water partition coefficient (Wildman–Crippen LogP) is 0.994. The lowest BCUT2D eigenvalue weighted by molar-refractivity contribution is -0.130. The molecule has 0 aliphatic heterocycles. The summed E-state index contributed by atoms with van der Waals surface area (Å²) in [5.74, 6) is 0.651. The van der Waals surface area contributed by atoms with Crippen molar-refractivity contribution in [3.8, 4) is 0 Å². The summed E-state index contributed by atoms with van der Waals surface area (Å²) < 4.78 is 0. The molecular formula is C12H18N4OS. The van der Waals surface area contributed by atoms with Crippen LogP contribution in [-0.2, 0) is 4.79 Å². The summed E-state index contributed by atoms with van der Waals surface area (Å²) in [4.78, 5) is 18.0. The lowest BCUT2D eigenvalue weighted by Crippen LogP contribution is -2.39. The van der Waals surface area contributed by atoms with Crippen molar-refractivity contribution in [1.29, 1.82) is 0 Å². The van der Waals surface area contributed by atoms with Crippen molar-refractivity contribution in [3.63, 3.8) is 0 Å². The topological polar surface area (TPSA) is 71.2 Å². The summed E-state index contributed by atoms with van der Waals surface area (Å²) in [6.45, 7) is 4.41. The normalized spacial score (nSPS) is 11.7. The van der Waals surface area contributed by atoms with E-state index in [1.54, 1.807) is 37.2 Å². The van der Waals surface area contributed by atoms with Gasteiger partial charge in [-0.25, -0.2) is 4.98 Å². The van der Waals surface area contributed by atoms with E-state index in [1.165, 1.54) is 0 Å². The molecule has 0 aromatic carbocycles. The van der Waals surface area contributed by atoms with Crippen molar-refractivity contribution in [2.24, 2.45) is 5.73 Å². The van der Waals surface area contributed by atoms with Crippen LogP contribution in [0.2, 0.25) is 0 Å². The molecule has 0 saturated heterocycles. The van der Waals surface area contributed by atoms with E-state index in [0.717, 1.165) is 0 Å². The van der Waals surface area contributed by atoms with Crippen LogP contribution in [0.15, 0.2) is 18.3 Å². The molecule has 1 aromatic heterocycles. The van der Waals surface area contributed by atoms with Gasteiger partial charge in [0, 0.05) is 25.4 Å². The molecule has 1 rings (SSSR count). The quantitative estimate of drug-likeness (QED) is 0.778. The molecule has 0 radical (unpaired) electrons. The number of nitrogens with one attached hydrogen (secondary N) is 1. The van der Waals surface area contributed by atoms with Gasteiger partial charge in [0.15, 0.2) is 0 Å². The van der Waals surface area contributed by atoms with Gasteiger partial charge in [-0.2, -0.15) is 0 Å². The predicted molar refractivity (Wildman–Crippen MR) is 76.5 cm³/mol. The second-order valence-corrected chi connectivity index (χ2v) is 4.45. The Hall–Kier alpha value is -1.69. The van der Waals surface area contributed by atoms with Gasteiger partial charge in [0.25, 0.3) is 0 Å². The lowest BCUT2D eigenvalue weighted by atomic mass is 10.2. The number of nitrogens with two attached hydrogens (primary N) is 1. The molecule has 0 spiro atoms. The average molecular weight is 266 g/mol. The minimum absolute atomic E-state index is 0.0257. The maximum atomic E-state index is 11.8. The number of hydrogen-bond donors (Lipinski definition) is 2. The number of carbonyl (C=O) groups excluding carboxylic acids is 1. The highest BCUT2D eigenvalue weighted by atomic mass is 32.1. The van der Waals surface area contributed by atoms with E-state index in [9.17, 15) is 4.79 Å². The van der Waals surface area contributed by atoms with Gasteiger partial charge in [-0.05, 0) is 26.0 Å². The molecule has 1 amide bonds. The van der Waals surface area contributed by atoms with Crippen molar-refractivity contribution in [1.82, 2.24) is 9.88 Å². The van der Waals surface area contributed by atoms with Crippen LogP contribution in [0, 0.1) is 0 Å². The third-order valence-electron chi connectivity index (χ3n) is 2.63. The average Bonchev–Trinajstić information content (AvgIpc) is 2.37. The highest BCUT2D eigenvalue weighted by Gasteiger charge is 2.16. The van der Waals surface area contributed by atoms with E-state index in [4.69, 9.17) is 18.0 Å². The third kappa shape index (κ3) is 3.66. The number of carbonyl (C=O) groups is 1. The first kappa shape index (κ1) is 14.4. The number of anilines is 1. The first-order valence-corrected chi connectivity index (χ1v) is 6.14. The van der Waals surface area contributed by atoms with Crippen molar-refractivity contribution in [2.75, 3.05) is 18.9 Å². The van der Waals surface area contributed by atoms with Gasteiger partial charge in [0.2, 0.25) is 5.91 Å². The van der Waals surface area contributed by atoms with E-state index in [-0.39, 0.29) is 11.9 Å². The molecule has 6 heteroatoms. The summed E-state index contributed by atoms with van der Waals surface area (Å²) >= 11 is 4.84. The highest BCUT2D eigenvalue weighted by molar-refractivity contribution is 7.80. The molecular weight excluding hydrogens is 248 g/mol. The fraction of sp³-hybridized carbons (Fsp3) is 0.417. The Morgan fingerprint density at radius 2 is 2.28 bits per heavy atom. The van der Waals surface area contributed by atoms with Crippen LogP contribution in [0.3, 0.4) is 0 Å². The summed E-state index contributed by atoms with van der Waals surface area (Å²) in [5, 5.41) is 3.04. The van der Waals surface area contributed by atoms with E-state index < -0.39 is 0 Å². The van der Waals surface area contributed by atoms with Crippen LogP contribution < -0.4 is 11.1 Å². The SMILES string of the molecule is CCN(C)C(=O)C(C)Nc1ccc(C(N)=S)cn1. The Kier molecular flexibility index (Phi) is 5.03. The molecule has 0 saturated carbocycles. The number of rotatable bonds is 5. The summed E-state index contributed by atoms with van der Waals surface area (Å²) in [6, 6.07) is 3.21. The van der Waals surface area contributed by atoms with Gasteiger partial charge in [0.05, 0.1) is 0 Å². The molecule has 5 nitrogen and oxygen atoms in total. The van der Waals surface area contributed by atoms with Gasteiger partial charge in [0.1, 0.15) is 16.8 Å². The van der Waals surface area contributed by atoms with Crippen LogP contribution in [0.25, 0.3) is 0 Å². The number of aromatic nitrogens is 1. The second kappa shape index (κ2) is 6.30. The number of likely N-dealkylation sites (N-methyl/N-ethyl adjacent to an activating group) is 1. The molecule has 3 N–H and O–H groups in total. The Balaban J connectivity index is 2.67. The van der Waals surface area contributed by atoms with Crippen LogP contribution in [0.5, 0.6) is 0 Å². The molecule has 0 aliphatic rings. The van der Waals surface area contributed by atoms with Gasteiger partial charge in [-0.15, -0.1) is 0 Å². The first-order chi connectivity index (χ1) is 8.45. The van der Waals surface area contributed by atoms with E-state index in [2.05, 4.69) is 10.3 Å². The lowest BCUT2D eigenvalue weighted by Gasteiger charge is -2.20. The van der Waals surface area contributed by atoms with Crippen molar-refractivity contribution in [2.45, 2.75) is 19.9 Å². The van der Waals surface area contributed by atoms with E-state index in [1.807, 2.05) is 6.92 Å². The van der Waals surface area contributed by atoms with Gasteiger partial charge in [-0.1, -0.05) is 12.2 Å². The maximum absolute atomic E-state index is 11.8. The van der Waals surface area contributed by atoms with Crippen molar-refractivity contribution in [3.05, 3.63) is 23.9 Å². The fourth-order valence-corrected chi connectivity index (χ4v) is 1.52. The van der Waals surface area contributed by atoms with Crippen LogP contribution >= 0.6 is 12.2 Å². The maximum Gasteiger partial charge on any atom is 0.244 e. The molecule has 0 fully saturated rings. The smallest absolute Gasteiger partial charge is 0.244 e. The van der Waals surface area contributed by atoms with Crippen molar-refractivity contribution >= 4 is 28.9 Å². The van der Waals surface area contributed by atoms with Gasteiger partial charge < -0.3 is 16.0 Å². The molecule has 1 aromatic rings. The van der Waals surface area contributed by atoms with Crippen molar-refractivity contribution < 1.29 is 4.79 Å². The summed E-state index contributed by atoms with van der Waals surface area (Å²) in [5.41, 5.74) is 6.19. The Morgan fingerprint density at radius 3 is 2.72 bits per heavy atom. The minimum atomic E-state index is -0.321. The zero-order chi connectivity index (χ0) is 13.7. The Bertz CT molecular complexity index is 432. The number of thiocarbonyl (C=S) groups is 1. The first-order valence-electron chi connectivity index (χ1n) is 5.73. The molecule has 0 aliphatic carbocycles. The fourth-order valence-electron chi connectivity index (χ4n) is 1.39. The Labute approximate surface area is 112 Å². The number of hydrogen-bond acceptors (Lipinski definition) is 4. The minimum Gasteiger partial charge on any atom is -0.389 e. The molecule has 0 bridgehead atoms. The standard InChI is InChI=1S/C12H18N4OS/c1-4-16(3)12(17)8(2)15-10-6-5-9(7-14-10)11(13)18/h5-8H,4H2,1-3H3,(H2,13,18)(H,14,15). The Morgan fingerprint density at radius 1 is 1.61 bits per heavy atom. The molecule has 98 valence electrons. The number of amides is 1. The summed E-state index contributed by atoms with van der Waals surface area (Å²) in [7, 11) is 1.77. The largest absolute Gasteiger partial charge is 0.389 e. The van der Waals surface area contributed by atoms with Crippen LogP contribution in [0.4, 0.5) is 5.82 Å². The summed E-state index contributed by atoms with van der Waals surface area (Å²) in [6.07, 6.45) is 1.59. The second-order valence-electron chi connectivity index (χ2n) is 4.01. The van der Waals surface area contributed by atoms with E-state index >= 15 is 0 Å². The van der Waals surface area contributed by atoms with Gasteiger partial charge >= 0.3 is 0 Å². The number of pyridine rings is 1. The molecule has 18 heavy (non-hydrogen) atoms. The van der Waals surface area contributed by atoms with Crippen LogP contribution in [0.1, 0.15) is 19.4 Å². The zero-order valence-electron chi connectivity index (χ0n) is 10.8. The molecule has 1 heterocycles. The van der Waals surface area contributed by atoms with Crippen LogP contribution in [-0.4, -0.2) is 40.4 Å². The molecule has 1 atom stereocenters. The zero-order valence-corrected chi connectivity index (χ0v) is 11.6. The third-order valence-corrected chi connectivity index (χ3v) is 2.87. The number of nitrogens with zero attached hydrogens (tertiary/aromatic N) is 2. The highest BCUT2D eigenvalue weighted by Crippen LogP contribution is 2.07. The van der Waals surface area contributed by atoms with E-state index in [0.29, 0.717) is 22.9 Å².